The third kappa shape index (κ3) is 4.38. The maximum Gasteiger partial charge on any atom is 0.234 e. The number of benzene rings is 1. The summed E-state index contributed by atoms with van der Waals surface area (Å²) in [6, 6.07) is 6.05. The van der Waals surface area contributed by atoms with Crippen molar-refractivity contribution < 1.29 is 29.4 Å². The Labute approximate surface area is 178 Å². The van der Waals surface area contributed by atoms with Crippen LogP contribution in [0.2, 0.25) is 0 Å². The van der Waals surface area contributed by atoms with Gasteiger partial charge in [0, 0.05) is 50.9 Å². The number of phenolic OH excluding ortho intramolecular Hbond substituents is 1. The van der Waals surface area contributed by atoms with Gasteiger partial charge in [0.1, 0.15) is 5.75 Å². The van der Waals surface area contributed by atoms with Crippen molar-refractivity contribution in [1.82, 2.24) is 4.90 Å². The maximum absolute atomic E-state index is 10.4. The summed E-state index contributed by atoms with van der Waals surface area (Å²) in [5, 5.41) is 10.4. The second-order valence-corrected chi connectivity index (χ2v) is 9.27. The minimum Gasteiger partial charge on any atom is -0.508 e. The molecule has 2 saturated heterocycles. The molecule has 2 saturated carbocycles. The van der Waals surface area contributed by atoms with Crippen LogP contribution in [-0.4, -0.2) is 47.9 Å². The van der Waals surface area contributed by atoms with Gasteiger partial charge >= 0.3 is 0 Å². The first-order valence-electron chi connectivity index (χ1n) is 11.5. The van der Waals surface area contributed by atoms with E-state index in [-0.39, 0.29) is 0 Å². The Morgan fingerprint density at radius 1 is 0.867 bits per heavy atom. The number of ether oxygens (including phenoxy) is 1. The van der Waals surface area contributed by atoms with Crippen LogP contribution in [0.3, 0.4) is 0 Å². The lowest BCUT2D eigenvalue weighted by atomic mass is 9.80. The fourth-order valence-corrected chi connectivity index (χ4v) is 5.13. The molecule has 1 aromatic rings. The first-order valence-corrected chi connectivity index (χ1v) is 11.5. The van der Waals surface area contributed by atoms with Gasteiger partial charge < -0.3 is 9.84 Å². The molecule has 7 nitrogen and oxygen atoms in total. The molecule has 0 atom stereocenters. The molecule has 0 bridgehead atoms. The van der Waals surface area contributed by atoms with Gasteiger partial charge in [-0.25, -0.2) is 0 Å². The molecule has 4 fully saturated rings. The Hall–Kier alpha value is -1.22. The number of phenols is 1. The Balaban J connectivity index is 1.19. The van der Waals surface area contributed by atoms with Crippen molar-refractivity contribution in [3.05, 3.63) is 29.3 Å². The second-order valence-electron chi connectivity index (χ2n) is 9.27. The topological polar surface area (TPSA) is 69.6 Å². The lowest BCUT2D eigenvalue weighted by Gasteiger charge is -2.46. The standard InChI is InChI=1S/C23H33NO6/c25-21-5-4-19(16-20(21)17-24-12-14-26-15-13-24)18-6-10-23(11-7-18)29-27-22(28-30-23)8-2-1-3-9-22/h4-5,16,18,25H,1-3,6-15,17H2. The van der Waals surface area contributed by atoms with Gasteiger partial charge in [0.2, 0.25) is 11.6 Å². The van der Waals surface area contributed by atoms with Crippen LogP contribution in [0.4, 0.5) is 0 Å². The predicted molar refractivity (Wildman–Crippen MR) is 108 cm³/mol. The van der Waals surface area contributed by atoms with E-state index < -0.39 is 11.6 Å². The van der Waals surface area contributed by atoms with Crippen molar-refractivity contribution in [1.29, 1.82) is 0 Å². The van der Waals surface area contributed by atoms with E-state index >= 15 is 0 Å². The first kappa shape index (κ1) is 20.7. The molecule has 2 heterocycles. The molecule has 0 amide bonds. The zero-order valence-corrected chi connectivity index (χ0v) is 17.6. The smallest absolute Gasteiger partial charge is 0.234 e. The van der Waals surface area contributed by atoms with Crippen molar-refractivity contribution in [2.24, 2.45) is 0 Å². The Morgan fingerprint density at radius 3 is 2.17 bits per heavy atom. The van der Waals surface area contributed by atoms with Gasteiger partial charge in [0.25, 0.3) is 0 Å². The molecule has 0 unspecified atom stereocenters. The summed E-state index contributed by atoms with van der Waals surface area (Å²) < 4.78 is 5.43. The van der Waals surface area contributed by atoms with E-state index in [1.54, 1.807) is 0 Å². The van der Waals surface area contributed by atoms with E-state index in [1.165, 1.54) is 12.0 Å². The number of hydrogen-bond donors (Lipinski definition) is 1. The van der Waals surface area contributed by atoms with Crippen LogP contribution in [0.25, 0.3) is 0 Å². The summed E-state index contributed by atoms with van der Waals surface area (Å²) in [6.45, 7) is 4.10. The molecule has 0 aromatic heterocycles. The number of hydrogen-bond acceptors (Lipinski definition) is 7. The SMILES string of the molecule is Oc1ccc(C2CCC3(CC2)OOC2(CCCCC2)OO3)cc1CN1CCOCC1. The molecule has 2 aliphatic carbocycles. The van der Waals surface area contributed by atoms with Crippen LogP contribution in [0.1, 0.15) is 74.8 Å². The van der Waals surface area contributed by atoms with Gasteiger partial charge in [-0.05, 0) is 43.2 Å². The fourth-order valence-electron chi connectivity index (χ4n) is 5.13. The van der Waals surface area contributed by atoms with E-state index in [0.29, 0.717) is 11.7 Å². The van der Waals surface area contributed by atoms with Gasteiger partial charge in [-0.1, -0.05) is 18.6 Å². The molecular formula is C23H33NO6. The highest BCUT2D eigenvalue weighted by Gasteiger charge is 2.50. The van der Waals surface area contributed by atoms with Crippen LogP contribution in [0, 0.1) is 0 Å². The van der Waals surface area contributed by atoms with Gasteiger partial charge in [0.05, 0.1) is 13.2 Å². The maximum atomic E-state index is 10.4. The second kappa shape index (κ2) is 8.73. The van der Waals surface area contributed by atoms with Gasteiger partial charge in [-0.3, -0.25) is 4.90 Å². The van der Waals surface area contributed by atoms with Crippen molar-refractivity contribution in [2.75, 3.05) is 26.3 Å². The average Bonchev–Trinajstić information content (AvgIpc) is 2.80. The molecule has 1 aromatic carbocycles. The molecular weight excluding hydrogens is 386 g/mol. The Kier molecular flexibility index (Phi) is 6.01. The summed E-state index contributed by atoms with van der Waals surface area (Å²) in [4.78, 5) is 25.5. The minimum atomic E-state index is -0.785. The van der Waals surface area contributed by atoms with Crippen molar-refractivity contribution in [3.8, 4) is 5.75 Å². The Bertz CT molecular complexity index is 708. The minimum absolute atomic E-state index is 0.371. The molecule has 7 heteroatoms. The quantitative estimate of drug-likeness (QED) is 0.738. The van der Waals surface area contributed by atoms with Crippen LogP contribution < -0.4 is 0 Å². The van der Waals surface area contributed by atoms with Crippen LogP contribution in [0.15, 0.2) is 18.2 Å². The van der Waals surface area contributed by atoms with Crippen molar-refractivity contribution in [3.63, 3.8) is 0 Å². The third-order valence-electron chi connectivity index (χ3n) is 7.13. The van der Waals surface area contributed by atoms with Gasteiger partial charge in [-0.15, -0.1) is 0 Å². The molecule has 2 aliphatic heterocycles. The highest BCUT2D eigenvalue weighted by atomic mass is 17.4. The molecule has 1 N–H and O–H groups in total. The normalized spacial score (nSPS) is 27.5. The van der Waals surface area contributed by atoms with E-state index in [4.69, 9.17) is 24.3 Å². The molecule has 0 radical (unpaired) electrons. The van der Waals surface area contributed by atoms with Crippen LogP contribution in [0.5, 0.6) is 5.75 Å². The predicted octanol–water partition coefficient (Wildman–Crippen LogP) is 4.15. The van der Waals surface area contributed by atoms with Crippen LogP contribution in [-0.2, 0) is 30.8 Å². The van der Waals surface area contributed by atoms with E-state index in [9.17, 15) is 5.11 Å². The lowest BCUT2D eigenvalue weighted by Crippen LogP contribution is -2.52. The van der Waals surface area contributed by atoms with E-state index in [1.807, 2.05) is 12.1 Å². The first-order chi connectivity index (χ1) is 14.7. The summed E-state index contributed by atoms with van der Waals surface area (Å²) >= 11 is 0. The van der Waals surface area contributed by atoms with Crippen molar-refractivity contribution >= 4 is 0 Å². The van der Waals surface area contributed by atoms with E-state index in [0.717, 1.165) is 89.8 Å². The highest BCUT2D eigenvalue weighted by molar-refractivity contribution is 5.38. The number of morpholine rings is 1. The summed E-state index contributed by atoms with van der Waals surface area (Å²) in [7, 11) is 0. The number of aromatic hydroxyl groups is 1. The molecule has 4 aliphatic rings. The monoisotopic (exact) mass is 419 g/mol. The van der Waals surface area contributed by atoms with E-state index in [2.05, 4.69) is 11.0 Å². The Morgan fingerprint density at radius 2 is 1.50 bits per heavy atom. The molecule has 30 heavy (non-hydrogen) atoms. The summed E-state index contributed by atoms with van der Waals surface area (Å²) in [5.41, 5.74) is 2.26. The fraction of sp³-hybridized carbons (Fsp3) is 0.739. The summed E-state index contributed by atoms with van der Waals surface area (Å²) in [6.07, 6.45) is 8.34. The molecule has 2 spiro atoms. The summed E-state index contributed by atoms with van der Waals surface area (Å²) in [5.74, 6) is -0.702. The van der Waals surface area contributed by atoms with Gasteiger partial charge in [-0.2, -0.15) is 19.6 Å². The largest absolute Gasteiger partial charge is 0.508 e. The zero-order chi connectivity index (χ0) is 20.4. The number of rotatable bonds is 3. The third-order valence-corrected chi connectivity index (χ3v) is 7.13. The number of nitrogens with zero attached hydrogens (tertiary/aromatic N) is 1. The van der Waals surface area contributed by atoms with Crippen molar-refractivity contribution in [2.45, 2.75) is 81.8 Å². The lowest BCUT2D eigenvalue weighted by molar-refractivity contribution is -0.662. The molecule has 166 valence electrons. The highest BCUT2D eigenvalue weighted by Crippen LogP contribution is 2.47. The zero-order valence-electron chi connectivity index (χ0n) is 17.6. The molecule has 5 rings (SSSR count). The van der Waals surface area contributed by atoms with Crippen LogP contribution >= 0.6 is 0 Å². The van der Waals surface area contributed by atoms with Gasteiger partial charge in [0.15, 0.2) is 0 Å². The average molecular weight is 420 g/mol.